The zero-order chi connectivity index (χ0) is 32.1. The van der Waals surface area contributed by atoms with Gasteiger partial charge in [-0.15, -0.1) is 0 Å². The molecule has 1 aliphatic rings. The van der Waals surface area contributed by atoms with Crippen LogP contribution in [0.5, 0.6) is 5.75 Å². The van der Waals surface area contributed by atoms with Gasteiger partial charge in [0, 0.05) is 6.92 Å². The number of nitrogens with zero attached hydrogens (tertiary/aromatic N) is 1. The number of benzene rings is 2. The lowest BCUT2D eigenvalue weighted by Crippen LogP contribution is -2.35. The van der Waals surface area contributed by atoms with Crippen LogP contribution in [0.3, 0.4) is 0 Å². The Morgan fingerprint density at radius 2 is 1.49 bits per heavy atom. The molecule has 0 aliphatic carbocycles. The Labute approximate surface area is 256 Å². The summed E-state index contributed by atoms with van der Waals surface area (Å²) in [7, 11) is -1.71. The third kappa shape index (κ3) is 12.0. The van der Waals surface area contributed by atoms with Crippen LogP contribution in [0.4, 0.5) is 13.2 Å². The molecule has 0 spiro atoms. The van der Waals surface area contributed by atoms with E-state index in [2.05, 4.69) is 18.2 Å². The lowest BCUT2D eigenvalue weighted by Gasteiger charge is -2.32. The Morgan fingerprint density at radius 1 is 0.860 bits per heavy atom. The van der Waals surface area contributed by atoms with Crippen molar-refractivity contribution in [2.24, 2.45) is 4.99 Å². The largest absolute Gasteiger partial charge is 0.493 e. The Morgan fingerprint density at radius 3 is 2.02 bits per heavy atom. The summed E-state index contributed by atoms with van der Waals surface area (Å²) in [6.45, 7) is 18.0. The van der Waals surface area contributed by atoms with Gasteiger partial charge in [0.1, 0.15) is 17.9 Å². The summed E-state index contributed by atoms with van der Waals surface area (Å²) in [5.41, 5.74) is 1.50. The van der Waals surface area contributed by atoms with Gasteiger partial charge in [-0.25, -0.2) is 4.99 Å². The van der Waals surface area contributed by atoms with Gasteiger partial charge < -0.3 is 23.0 Å². The van der Waals surface area contributed by atoms with E-state index in [0.29, 0.717) is 30.7 Å². The molecule has 2 aromatic carbocycles. The molecule has 1 heterocycles. The van der Waals surface area contributed by atoms with Gasteiger partial charge in [-0.05, 0) is 104 Å². The number of halogens is 3. The first kappa shape index (κ1) is 35.3. The predicted molar refractivity (Wildman–Crippen MR) is 166 cm³/mol. The highest BCUT2D eigenvalue weighted by molar-refractivity contribution is 7.41. The zero-order valence-corrected chi connectivity index (χ0v) is 27.9. The fourth-order valence-electron chi connectivity index (χ4n) is 4.73. The minimum Gasteiger partial charge on any atom is -0.493 e. The summed E-state index contributed by atoms with van der Waals surface area (Å²) in [4.78, 5) is 4.70. The van der Waals surface area contributed by atoms with E-state index in [4.69, 9.17) is 28.0 Å². The van der Waals surface area contributed by atoms with Crippen LogP contribution in [-0.2, 0) is 37.3 Å². The molecule has 0 amide bonds. The van der Waals surface area contributed by atoms with E-state index in [-0.39, 0.29) is 25.6 Å². The molecule has 0 bridgehead atoms. The van der Waals surface area contributed by atoms with Crippen molar-refractivity contribution in [2.75, 3.05) is 19.8 Å². The fraction of sp³-hybridized carbons (Fsp3) is 0.606. The van der Waals surface area contributed by atoms with E-state index in [1.54, 1.807) is 13.0 Å². The van der Waals surface area contributed by atoms with Crippen molar-refractivity contribution in [3.8, 4) is 5.75 Å². The van der Waals surface area contributed by atoms with E-state index in [0.717, 1.165) is 12.0 Å². The number of aliphatic imine (C=N–C) groups is 1. The second kappa shape index (κ2) is 14.3. The van der Waals surface area contributed by atoms with Crippen LogP contribution in [0.1, 0.15) is 89.1 Å². The van der Waals surface area contributed by atoms with Crippen molar-refractivity contribution in [2.45, 2.75) is 111 Å². The standard InChI is InChI=1S/C33H47F3NO5P/c1-23-17-24(2)19-27(18-23)11-10-16-38-29-13-12-26(20-28(29)33(34,35)36)14-15-32(21-39-25(3)37-32)22-40-43(41-30(4,5)6)42-31(7,8)9/h12-13,17-20H,10-11,14-16,21-22H2,1-9H3. The fourth-order valence-corrected chi connectivity index (χ4v) is 6.11. The molecule has 43 heavy (non-hydrogen) atoms. The molecule has 0 aromatic heterocycles. The van der Waals surface area contributed by atoms with E-state index in [1.165, 1.54) is 23.3 Å². The van der Waals surface area contributed by atoms with E-state index >= 15 is 0 Å². The van der Waals surface area contributed by atoms with Crippen molar-refractivity contribution in [1.82, 2.24) is 0 Å². The average molecular weight is 626 g/mol. The molecule has 2 aromatic rings. The SMILES string of the molecule is CC1=NC(CCc2ccc(OCCCc3cc(C)cc(C)c3)c(C(F)(F)F)c2)(COP(OC(C)(C)C)OC(C)(C)C)CO1. The van der Waals surface area contributed by atoms with Crippen molar-refractivity contribution in [3.05, 3.63) is 64.2 Å². The average Bonchev–Trinajstić information content (AvgIpc) is 3.22. The summed E-state index contributed by atoms with van der Waals surface area (Å²) < 4.78 is 71.8. The quantitative estimate of drug-likeness (QED) is 0.164. The topological polar surface area (TPSA) is 58.5 Å². The lowest BCUT2D eigenvalue weighted by molar-refractivity contribution is -0.139. The van der Waals surface area contributed by atoms with Crippen molar-refractivity contribution in [3.63, 3.8) is 0 Å². The van der Waals surface area contributed by atoms with Crippen LogP contribution in [0.15, 0.2) is 41.4 Å². The Hall–Kier alpha value is -2.19. The minimum atomic E-state index is -4.55. The van der Waals surface area contributed by atoms with Crippen molar-refractivity contribution < 1.29 is 36.2 Å². The third-order valence-electron chi connectivity index (χ3n) is 6.46. The minimum absolute atomic E-state index is 0.149. The Kier molecular flexibility index (Phi) is 11.7. The first-order valence-corrected chi connectivity index (χ1v) is 15.8. The molecular formula is C33H47F3NO5P. The van der Waals surface area contributed by atoms with E-state index < -0.39 is 37.1 Å². The first-order chi connectivity index (χ1) is 19.8. The van der Waals surface area contributed by atoms with Crippen molar-refractivity contribution in [1.29, 1.82) is 0 Å². The number of alkyl halides is 3. The Bertz CT molecular complexity index is 1220. The van der Waals surface area contributed by atoms with Crippen LogP contribution in [-0.4, -0.2) is 42.5 Å². The van der Waals surface area contributed by atoms with Crippen LogP contribution in [0.2, 0.25) is 0 Å². The molecule has 1 unspecified atom stereocenters. The summed E-state index contributed by atoms with van der Waals surface area (Å²) >= 11 is 0. The highest BCUT2D eigenvalue weighted by Gasteiger charge is 2.39. The summed E-state index contributed by atoms with van der Waals surface area (Å²) in [5.74, 6) is 0.360. The molecular weight excluding hydrogens is 578 g/mol. The molecule has 6 nitrogen and oxygen atoms in total. The zero-order valence-electron chi connectivity index (χ0n) is 27.0. The number of ether oxygens (including phenoxy) is 2. The Balaban J connectivity index is 1.68. The maximum absolute atomic E-state index is 14.1. The molecule has 0 N–H and O–H groups in total. The number of aryl methyl sites for hydroxylation is 4. The van der Waals surface area contributed by atoms with Gasteiger partial charge in [0.15, 0.2) is 5.90 Å². The number of rotatable bonds is 13. The van der Waals surface area contributed by atoms with Gasteiger partial charge in [0.25, 0.3) is 0 Å². The van der Waals surface area contributed by atoms with Crippen LogP contribution in [0.25, 0.3) is 0 Å². The molecule has 1 aliphatic heterocycles. The number of hydrogen-bond donors (Lipinski definition) is 0. The summed E-state index contributed by atoms with van der Waals surface area (Å²) in [5, 5.41) is 0. The van der Waals surface area contributed by atoms with Gasteiger partial charge in [-0.1, -0.05) is 35.4 Å². The monoisotopic (exact) mass is 625 g/mol. The van der Waals surface area contributed by atoms with Gasteiger partial charge in [0.05, 0.1) is 30.0 Å². The predicted octanol–water partition coefficient (Wildman–Crippen LogP) is 9.33. The molecule has 0 radical (unpaired) electrons. The van der Waals surface area contributed by atoms with Crippen molar-refractivity contribution >= 4 is 14.5 Å². The van der Waals surface area contributed by atoms with Crippen LogP contribution < -0.4 is 4.74 Å². The first-order valence-electron chi connectivity index (χ1n) is 14.7. The lowest BCUT2D eigenvalue weighted by atomic mass is 9.93. The van der Waals surface area contributed by atoms with Gasteiger partial charge in [0.2, 0.25) is 0 Å². The number of hydrogen-bond acceptors (Lipinski definition) is 6. The van der Waals surface area contributed by atoms with E-state index in [1.807, 2.05) is 55.4 Å². The van der Waals surface area contributed by atoms with Crippen LogP contribution in [0, 0.1) is 13.8 Å². The maximum atomic E-state index is 14.1. The molecule has 1 atom stereocenters. The highest BCUT2D eigenvalue weighted by atomic mass is 31.2. The molecule has 10 heteroatoms. The maximum Gasteiger partial charge on any atom is 0.419 e. The normalized spacial score (nSPS) is 17.7. The molecule has 0 saturated heterocycles. The summed E-state index contributed by atoms with van der Waals surface area (Å²) in [6.07, 6.45) is -2.43. The summed E-state index contributed by atoms with van der Waals surface area (Å²) in [6, 6.07) is 10.6. The molecule has 0 saturated carbocycles. The van der Waals surface area contributed by atoms with E-state index in [9.17, 15) is 13.2 Å². The molecule has 0 fully saturated rings. The second-order valence-corrected chi connectivity index (χ2v) is 14.4. The van der Waals surface area contributed by atoms with Gasteiger partial charge in [-0.2, -0.15) is 13.2 Å². The smallest absolute Gasteiger partial charge is 0.419 e. The molecule has 3 rings (SSSR count). The molecule has 240 valence electrons. The third-order valence-corrected chi connectivity index (χ3v) is 8.19. The second-order valence-electron chi connectivity index (χ2n) is 13.3. The van der Waals surface area contributed by atoms with Gasteiger partial charge >= 0.3 is 14.8 Å². The highest BCUT2D eigenvalue weighted by Crippen LogP contribution is 2.48. The van der Waals surface area contributed by atoms with Crippen LogP contribution >= 0.6 is 8.60 Å². The van der Waals surface area contributed by atoms with Gasteiger partial charge in [-0.3, -0.25) is 0 Å².